The normalized spacial score (nSPS) is 24.8. The number of carbonyl (C=O) groups is 1. The third-order valence-corrected chi connectivity index (χ3v) is 4.39. The van der Waals surface area contributed by atoms with E-state index in [0.29, 0.717) is 11.9 Å². The molecule has 1 amide bonds. The zero-order chi connectivity index (χ0) is 13.9. The van der Waals surface area contributed by atoms with Gasteiger partial charge in [0.2, 0.25) is 5.91 Å². The summed E-state index contributed by atoms with van der Waals surface area (Å²) in [7, 11) is 0. The van der Waals surface area contributed by atoms with Crippen LogP contribution in [0.2, 0.25) is 0 Å². The van der Waals surface area contributed by atoms with Crippen LogP contribution in [0.5, 0.6) is 0 Å². The molecule has 2 atom stereocenters. The number of likely N-dealkylation sites (tertiary alicyclic amines) is 1. The number of benzene rings is 1. The molecule has 1 heterocycles. The third-order valence-electron chi connectivity index (χ3n) is 4.39. The summed E-state index contributed by atoms with van der Waals surface area (Å²) in [6, 6.07) is 11.4. The summed E-state index contributed by atoms with van der Waals surface area (Å²) in [5.41, 5.74) is 1.31. The van der Waals surface area contributed by atoms with E-state index < -0.39 is 0 Å². The van der Waals surface area contributed by atoms with Crippen molar-refractivity contribution >= 4 is 5.91 Å². The number of carbonyl (C=O) groups excluding carboxylic acids is 1. The Hall–Kier alpha value is -1.35. The van der Waals surface area contributed by atoms with Crippen LogP contribution in [0.1, 0.15) is 38.2 Å². The Balaban J connectivity index is 1.61. The van der Waals surface area contributed by atoms with E-state index in [0.717, 1.165) is 25.8 Å². The number of nitrogens with one attached hydrogen (secondary N) is 1. The minimum atomic E-state index is 0.0643. The molecular weight excluding hydrogens is 248 g/mol. The highest BCUT2D eigenvalue weighted by Crippen LogP contribution is 2.23. The zero-order valence-corrected chi connectivity index (χ0v) is 12.2. The molecule has 2 aliphatic rings. The highest BCUT2D eigenvalue weighted by atomic mass is 16.2. The Bertz CT molecular complexity index is 455. The van der Waals surface area contributed by atoms with E-state index in [-0.39, 0.29) is 12.1 Å². The van der Waals surface area contributed by atoms with Crippen molar-refractivity contribution in [2.24, 2.45) is 0 Å². The average molecular weight is 272 g/mol. The molecule has 3 nitrogen and oxygen atoms in total. The van der Waals surface area contributed by atoms with E-state index in [9.17, 15) is 4.79 Å². The van der Waals surface area contributed by atoms with Gasteiger partial charge in [-0.15, -0.1) is 0 Å². The average Bonchev–Trinajstić information content (AvgIpc) is 3.26. The van der Waals surface area contributed by atoms with Crippen LogP contribution >= 0.6 is 0 Å². The Morgan fingerprint density at radius 1 is 1.25 bits per heavy atom. The molecular formula is C17H24N2O. The molecule has 3 heteroatoms. The van der Waals surface area contributed by atoms with Gasteiger partial charge in [0.1, 0.15) is 0 Å². The highest BCUT2D eigenvalue weighted by Gasteiger charge is 2.34. The van der Waals surface area contributed by atoms with Crippen molar-refractivity contribution in [1.82, 2.24) is 10.2 Å². The SMILES string of the molecule is CC(Cc1ccccc1)N1CCCC(NC2CC2)C1=O. The molecule has 3 rings (SSSR count). The maximum absolute atomic E-state index is 12.6. The van der Waals surface area contributed by atoms with Crippen LogP contribution in [0, 0.1) is 0 Å². The Labute approximate surface area is 121 Å². The molecule has 1 aliphatic carbocycles. The molecule has 2 fully saturated rings. The van der Waals surface area contributed by atoms with Crippen LogP contribution in [0.4, 0.5) is 0 Å². The first-order valence-corrected chi connectivity index (χ1v) is 7.84. The standard InChI is InChI=1S/C17H24N2O/c1-13(12-14-6-3-2-4-7-14)19-11-5-8-16(17(19)20)18-15-9-10-15/h2-4,6-7,13,15-16,18H,5,8-12H2,1H3. The van der Waals surface area contributed by atoms with Gasteiger partial charge in [-0.05, 0) is 44.6 Å². The quantitative estimate of drug-likeness (QED) is 0.892. The van der Waals surface area contributed by atoms with Crippen molar-refractivity contribution in [1.29, 1.82) is 0 Å². The van der Waals surface area contributed by atoms with E-state index in [4.69, 9.17) is 0 Å². The number of hydrogen-bond acceptors (Lipinski definition) is 2. The minimum absolute atomic E-state index is 0.0643. The van der Waals surface area contributed by atoms with Crippen LogP contribution in [-0.2, 0) is 11.2 Å². The van der Waals surface area contributed by atoms with Gasteiger partial charge >= 0.3 is 0 Å². The van der Waals surface area contributed by atoms with E-state index in [2.05, 4.69) is 41.4 Å². The largest absolute Gasteiger partial charge is 0.338 e. The van der Waals surface area contributed by atoms with Crippen molar-refractivity contribution in [3.05, 3.63) is 35.9 Å². The summed E-state index contributed by atoms with van der Waals surface area (Å²) >= 11 is 0. The van der Waals surface area contributed by atoms with Crippen LogP contribution in [-0.4, -0.2) is 35.5 Å². The summed E-state index contributed by atoms with van der Waals surface area (Å²) in [6.45, 7) is 3.08. The van der Waals surface area contributed by atoms with Crippen LogP contribution in [0.3, 0.4) is 0 Å². The lowest BCUT2D eigenvalue weighted by Gasteiger charge is -2.37. The minimum Gasteiger partial charge on any atom is -0.338 e. The molecule has 1 N–H and O–H groups in total. The Morgan fingerprint density at radius 3 is 2.70 bits per heavy atom. The smallest absolute Gasteiger partial charge is 0.239 e. The summed E-state index contributed by atoms with van der Waals surface area (Å²) in [5.74, 6) is 0.312. The molecule has 1 saturated carbocycles. The maximum atomic E-state index is 12.6. The van der Waals surface area contributed by atoms with Gasteiger partial charge in [0.15, 0.2) is 0 Å². The van der Waals surface area contributed by atoms with Gasteiger partial charge in [0, 0.05) is 18.6 Å². The fraction of sp³-hybridized carbons (Fsp3) is 0.588. The van der Waals surface area contributed by atoms with Crippen molar-refractivity contribution in [2.45, 2.75) is 57.2 Å². The second-order valence-corrected chi connectivity index (χ2v) is 6.21. The first-order valence-electron chi connectivity index (χ1n) is 7.84. The lowest BCUT2D eigenvalue weighted by atomic mass is 9.99. The summed E-state index contributed by atoms with van der Waals surface area (Å²) in [6.07, 6.45) is 5.55. The molecule has 20 heavy (non-hydrogen) atoms. The number of hydrogen-bond donors (Lipinski definition) is 1. The van der Waals surface area contributed by atoms with Crippen molar-refractivity contribution in [3.63, 3.8) is 0 Å². The molecule has 0 bridgehead atoms. The van der Waals surface area contributed by atoms with Gasteiger partial charge in [-0.1, -0.05) is 30.3 Å². The fourth-order valence-electron chi connectivity index (χ4n) is 3.09. The second-order valence-electron chi connectivity index (χ2n) is 6.21. The number of piperidine rings is 1. The molecule has 108 valence electrons. The van der Waals surface area contributed by atoms with E-state index in [1.807, 2.05) is 6.07 Å². The van der Waals surface area contributed by atoms with Crippen molar-refractivity contribution in [3.8, 4) is 0 Å². The summed E-state index contributed by atoms with van der Waals surface area (Å²) in [5, 5.41) is 3.50. The Kier molecular flexibility index (Phi) is 4.06. The Morgan fingerprint density at radius 2 is 2.00 bits per heavy atom. The lowest BCUT2D eigenvalue weighted by molar-refractivity contribution is -0.138. The molecule has 0 radical (unpaired) electrons. The number of nitrogens with zero attached hydrogens (tertiary/aromatic N) is 1. The summed E-state index contributed by atoms with van der Waals surface area (Å²) in [4.78, 5) is 14.7. The van der Waals surface area contributed by atoms with E-state index in [1.54, 1.807) is 0 Å². The third kappa shape index (κ3) is 3.21. The maximum Gasteiger partial charge on any atom is 0.239 e. The van der Waals surface area contributed by atoms with Gasteiger partial charge in [-0.3, -0.25) is 4.79 Å². The molecule has 1 saturated heterocycles. The van der Waals surface area contributed by atoms with Crippen LogP contribution in [0.15, 0.2) is 30.3 Å². The molecule has 2 unspecified atom stereocenters. The molecule has 1 aromatic rings. The van der Waals surface area contributed by atoms with E-state index in [1.165, 1.54) is 18.4 Å². The molecule has 1 aliphatic heterocycles. The van der Waals surface area contributed by atoms with E-state index >= 15 is 0 Å². The van der Waals surface area contributed by atoms with Crippen LogP contribution < -0.4 is 5.32 Å². The number of amides is 1. The van der Waals surface area contributed by atoms with Gasteiger partial charge in [0.05, 0.1) is 6.04 Å². The first-order chi connectivity index (χ1) is 9.74. The zero-order valence-electron chi connectivity index (χ0n) is 12.2. The predicted octanol–water partition coefficient (Wildman–Crippen LogP) is 2.36. The van der Waals surface area contributed by atoms with Gasteiger partial charge in [-0.25, -0.2) is 0 Å². The van der Waals surface area contributed by atoms with Gasteiger partial charge < -0.3 is 10.2 Å². The topological polar surface area (TPSA) is 32.3 Å². The van der Waals surface area contributed by atoms with Gasteiger partial charge in [-0.2, -0.15) is 0 Å². The lowest BCUT2D eigenvalue weighted by Crippen LogP contribution is -2.54. The molecule has 0 aromatic heterocycles. The highest BCUT2D eigenvalue weighted by molar-refractivity contribution is 5.83. The monoisotopic (exact) mass is 272 g/mol. The molecule has 1 aromatic carbocycles. The second kappa shape index (κ2) is 5.96. The van der Waals surface area contributed by atoms with Gasteiger partial charge in [0.25, 0.3) is 0 Å². The predicted molar refractivity (Wildman–Crippen MR) is 80.5 cm³/mol. The van der Waals surface area contributed by atoms with Crippen LogP contribution in [0.25, 0.3) is 0 Å². The fourth-order valence-corrected chi connectivity index (χ4v) is 3.09. The first kappa shape index (κ1) is 13.6. The van der Waals surface area contributed by atoms with Crippen molar-refractivity contribution < 1.29 is 4.79 Å². The summed E-state index contributed by atoms with van der Waals surface area (Å²) < 4.78 is 0. The van der Waals surface area contributed by atoms with Crippen molar-refractivity contribution in [2.75, 3.05) is 6.54 Å². The number of rotatable bonds is 5. The molecule has 0 spiro atoms.